The molecular formula is C30H27ClN4O3S. The highest BCUT2D eigenvalue weighted by Gasteiger charge is 2.35. The lowest BCUT2D eigenvalue weighted by Crippen LogP contribution is -2.31. The van der Waals surface area contributed by atoms with Crippen molar-refractivity contribution in [3.63, 3.8) is 0 Å². The molecule has 0 saturated heterocycles. The largest absolute Gasteiger partial charge is 0.494 e. The van der Waals surface area contributed by atoms with Crippen molar-refractivity contribution in [2.75, 3.05) is 23.0 Å². The van der Waals surface area contributed by atoms with E-state index in [1.807, 2.05) is 49.4 Å². The Labute approximate surface area is 236 Å². The summed E-state index contributed by atoms with van der Waals surface area (Å²) >= 11 is 7.13. The van der Waals surface area contributed by atoms with Crippen molar-refractivity contribution in [1.29, 1.82) is 5.26 Å². The van der Waals surface area contributed by atoms with Gasteiger partial charge < -0.3 is 20.7 Å². The van der Waals surface area contributed by atoms with Gasteiger partial charge >= 0.3 is 0 Å². The molecule has 1 aliphatic rings. The number of nitrogens with one attached hydrogen (secondary N) is 3. The number of halogens is 1. The van der Waals surface area contributed by atoms with Crippen molar-refractivity contribution in [1.82, 2.24) is 5.32 Å². The number of para-hydroxylation sites is 1. The number of ether oxygens (including phenoxy) is 1. The summed E-state index contributed by atoms with van der Waals surface area (Å²) in [6.45, 7) is 4.23. The Bertz CT molecular complexity index is 1450. The molecule has 3 N–H and O–H groups in total. The van der Waals surface area contributed by atoms with Gasteiger partial charge in [0.2, 0.25) is 5.91 Å². The maximum atomic E-state index is 13.5. The molecule has 39 heavy (non-hydrogen) atoms. The minimum Gasteiger partial charge on any atom is -0.494 e. The number of anilines is 2. The molecule has 3 aromatic carbocycles. The first-order valence-corrected chi connectivity index (χ1v) is 13.7. The molecule has 0 radical (unpaired) electrons. The first kappa shape index (κ1) is 27.8. The van der Waals surface area contributed by atoms with Gasteiger partial charge in [0.25, 0.3) is 5.91 Å². The molecule has 0 fully saturated rings. The Morgan fingerprint density at radius 2 is 1.67 bits per heavy atom. The molecule has 1 unspecified atom stereocenters. The average Bonchev–Trinajstić information content (AvgIpc) is 2.94. The van der Waals surface area contributed by atoms with Crippen LogP contribution in [0.15, 0.2) is 101 Å². The topological polar surface area (TPSA) is 103 Å². The van der Waals surface area contributed by atoms with Gasteiger partial charge in [-0.3, -0.25) is 9.59 Å². The van der Waals surface area contributed by atoms with E-state index in [0.29, 0.717) is 50.6 Å². The summed E-state index contributed by atoms with van der Waals surface area (Å²) in [5.41, 5.74) is 3.41. The Hall–Kier alpha value is -4.19. The minimum atomic E-state index is -0.641. The van der Waals surface area contributed by atoms with E-state index in [4.69, 9.17) is 16.3 Å². The third kappa shape index (κ3) is 7.02. The molecule has 3 aromatic rings. The van der Waals surface area contributed by atoms with Crippen LogP contribution in [0.2, 0.25) is 5.02 Å². The van der Waals surface area contributed by atoms with Gasteiger partial charge in [-0.05, 0) is 67.9 Å². The second-order valence-electron chi connectivity index (χ2n) is 8.62. The summed E-state index contributed by atoms with van der Waals surface area (Å²) in [5, 5.41) is 20.4. The van der Waals surface area contributed by atoms with E-state index in [-0.39, 0.29) is 17.6 Å². The number of thioether (sulfide) groups is 1. The van der Waals surface area contributed by atoms with E-state index in [1.54, 1.807) is 43.3 Å². The molecule has 0 spiro atoms. The molecule has 7 nitrogen and oxygen atoms in total. The second kappa shape index (κ2) is 13.1. The zero-order chi connectivity index (χ0) is 27.8. The number of hydrogen-bond acceptors (Lipinski definition) is 6. The van der Waals surface area contributed by atoms with Crippen molar-refractivity contribution >= 4 is 46.6 Å². The van der Waals surface area contributed by atoms with Gasteiger partial charge in [-0.2, -0.15) is 5.26 Å². The highest BCUT2D eigenvalue weighted by atomic mass is 35.5. The Kier molecular flexibility index (Phi) is 9.31. The molecule has 198 valence electrons. The number of rotatable bonds is 9. The van der Waals surface area contributed by atoms with Crippen LogP contribution in [0.4, 0.5) is 11.4 Å². The van der Waals surface area contributed by atoms with Crippen LogP contribution in [-0.2, 0) is 9.59 Å². The molecule has 0 bridgehead atoms. The highest BCUT2D eigenvalue weighted by molar-refractivity contribution is 8.03. The van der Waals surface area contributed by atoms with Crippen LogP contribution in [0.5, 0.6) is 5.75 Å². The summed E-state index contributed by atoms with van der Waals surface area (Å²) in [5.74, 6) is -0.437. The molecule has 0 saturated carbocycles. The van der Waals surface area contributed by atoms with Crippen LogP contribution in [0.3, 0.4) is 0 Å². The minimum absolute atomic E-state index is 0.0605. The van der Waals surface area contributed by atoms with E-state index in [9.17, 15) is 14.9 Å². The maximum Gasteiger partial charge on any atom is 0.254 e. The summed E-state index contributed by atoms with van der Waals surface area (Å²) in [7, 11) is 0. The number of amides is 2. The van der Waals surface area contributed by atoms with Gasteiger partial charge in [0.05, 0.1) is 34.9 Å². The fraction of sp³-hybridized carbons (Fsp3) is 0.167. The monoisotopic (exact) mass is 558 g/mol. The molecule has 1 aliphatic heterocycles. The number of hydrogen-bond donors (Lipinski definition) is 3. The zero-order valence-electron chi connectivity index (χ0n) is 21.5. The lowest BCUT2D eigenvalue weighted by Gasteiger charge is -2.30. The van der Waals surface area contributed by atoms with Gasteiger partial charge in [-0.1, -0.05) is 53.7 Å². The molecule has 2 amide bonds. The SMILES string of the molecule is CCOc1ccc(C2C(C#N)=C(SCC(=O)Nc3ccc(Cl)cc3)NC(C)=C2C(=O)Nc2ccccc2)cc1. The smallest absolute Gasteiger partial charge is 0.254 e. The van der Waals surface area contributed by atoms with Crippen LogP contribution in [0.1, 0.15) is 25.3 Å². The third-order valence-electron chi connectivity index (χ3n) is 5.92. The summed E-state index contributed by atoms with van der Waals surface area (Å²) in [6.07, 6.45) is 0. The van der Waals surface area contributed by atoms with Crippen LogP contribution in [-0.4, -0.2) is 24.2 Å². The fourth-order valence-corrected chi connectivity index (χ4v) is 5.19. The van der Waals surface area contributed by atoms with Crippen molar-refractivity contribution in [2.45, 2.75) is 19.8 Å². The van der Waals surface area contributed by atoms with E-state index in [2.05, 4.69) is 22.0 Å². The number of dihydropyridines is 1. The van der Waals surface area contributed by atoms with E-state index in [1.165, 1.54) is 11.8 Å². The molecule has 9 heteroatoms. The quantitative estimate of drug-likeness (QED) is 0.279. The van der Waals surface area contributed by atoms with Crippen LogP contribution < -0.4 is 20.7 Å². The van der Waals surface area contributed by atoms with Crippen molar-refractivity contribution in [2.24, 2.45) is 0 Å². The van der Waals surface area contributed by atoms with Crippen molar-refractivity contribution in [3.05, 3.63) is 111 Å². The lowest BCUT2D eigenvalue weighted by molar-refractivity contribution is -0.114. The summed E-state index contributed by atoms with van der Waals surface area (Å²) < 4.78 is 5.58. The predicted octanol–water partition coefficient (Wildman–Crippen LogP) is 6.45. The lowest BCUT2D eigenvalue weighted by atomic mass is 9.82. The van der Waals surface area contributed by atoms with E-state index < -0.39 is 5.92 Å². The van der Waals surface area contributed by atoms with Gasteiger partial charge in [-0.15, -0.1) is 0 Å². The average molecular weight is 559 g/mol. The summed E-state index contributed by atoms with van der Waals surface area (Å²) in [4.78, 5) is 26.2. The number of benzene rings is 3. The standard InChI is InChI=1S/C30H27ClN4O3S/c1-3-38-24-15-9-20(10-16-24)28-25(17-32)30(39-18-26(36)34-23-13-11-21(31)12-14-23)33-19(2)27(28)29(37)35-22-7-5-4-6-8-22/h4-16,28,33H,3,18H2,1-2H3,(H,34,36)(H,35,37). The molecular weight excluding hydrogens is 532 g/mol. The van der Waals surface area contributed by atoms with Crippen LogP contribution >= 0.6 is 23.4 Å². The number of nitriles is 1. The zero-order valence-corrected chi connectivity index (χ0v) is 23.0. The Balaban J connectivity index is 1.63. The fourth-order valence-electron chi connectivity index (χ4n) is 4.17. The third-order valence-corrected chi connectivity index (χ3v) is 7.19. The Morgan fingerprint density at radius 1 is 1.00 bits per heavy atom. The first-order chi connectivity index (χ1) is 18.9. The van der Waals surface area contributed by atoms with Crippen molar-refractivity contribution in [3.8, 4) is 11.8 Å². The van der Waals surface area contributed by atoms with Crippen LogP contribution in [0.25, 0.3) is 0 Å². The van der Waals surface area contributed by atoms with Gasteiger partial charge in [0, 0.05) is 27.7 Å². The molecule has 0 aromatic heterocycles. The number of nitrogens with zero attached hydrogens (tertiary/aromatic N) is 1. The van der Waals surface area contributed by atoms with E-state index >= 15 is 0 Å². The maximum absolute atomic E-state index is 13.5. The summed E-state index contributed by atoms with van der Waals surface area (Å²) in [6, 6.07) is 25.6. The van der Waals surface area contributed by atoms with Gasteiger partial charge in [0.15, 0.2) is 0 Å². The number of allylic oxidation sites excluding steroid dienone is 2. The van der Waals surface area contributed by atoms with Crippen LogP contribution in [0, 0.1) is 11.3 Å². The molecule has 4 rings (SSSR count). The second-order valence-corrected chi connectivity index (χ2v) is 10.0. The van der Waals surface area contributed by atoms with E-state index in [0.717, 1.165) is 5.56 Å². The van der Waals surface area contributed by atoms with Crippen molar-refractivity contribution < 1.29 is 14.3 Å². The van der Waals surface area contributed by atoms with Gasteiger partial charge in [0.1, 0.15) is 5.75 Å². The molecule has 0 aliphatic carbocycles. The molecule has 1 heterocycles. The first-order valence-electron chi connectivity index (χ1n) is 12.3. The van der Waals surface area contributed by atoms with Gasteiger partial charge in [-0.25, -0.2) is 0 Å². The molecule has 1 atom stereocenters. The normalized spacial score (nSPS) is 14.8. The highest BCUT2D eigenvalue weighted by Crippen LogP contribution is 2.41. The number of carbonyl (C=O) groups excluding carboxylic acids is 2. The number of carbonyl (C=O) groups is 2. The predicted molar refractivity (Wildman–Crippen MR) is 156 cm³/mol. The Morgan fingerprint density at radius 3 is 2.31 bits per heavy atom.